The molecule has 0 aromatic rings. The van der Waals surface area contributed by atoms with Gasteiger partial charge in [0.15, 0.2) is 0 Å². The van der Waals surface area contributed by atoms with E-state index in [1.54, 1.807) is 0 Å². The van der Waals surface area contributed by atoms with Gasteiger partial charge in [0.25, 0.3) is 0 Å². The van der Waals surface area contributed by atoms with Crippen LogP contribution in [0.5, 0.6) is 0 Å². The van der Waals surface area contributed by atoms with Crippen LogP contribution in [0.15, 0.2) is 0 Å². The predicted molar refractivity (Wildman–Crippen MR) is 73.5 cm³/mol. The third-order valence-corrected chi connectivity index (χ3v) is 3.61. The Morgan fingerprint density at radius 2 is 1.74 bits per heavy atom. The van der Waals surface area contributed by atoms with Crippen molar-refractivity contribution in [2.45, 2.75) is 65.0 Å². The molecule has 1 saturated carbocycles. The average molecular weight is 270 g/mol. The van der Waals surface area contributed by atoms with Crippen molar-refractivity contribution >= 4 is 12.0 Å². The van der Waals surface area contributed by atoms with E-state index < -0.39 is 0 Å². The Morgan fingerprint density at radius 3 is 2.16 bits per heavy atom. The van der Waals surface area contributed by atoms with Gasteiger partial charge in [-0.2, -0.15) is 0 Å². The van der Waals surface area contributed by atoms with Crippen molar-refractivity contribution in [1.29, 1.82) is 0 Å². The molecule has 19 heavy (non-hydrogen) atoms. The zero-order chi connectivity index (χ0) is 14.6. The molecular formula is C14H26N2O3. The van der Waals surface area contributed by atoms with Gasteiger partial charge >= 0.3 is 6.09 Å². The molecule has 1 aliphatic rings. The number of carbonyl (C=O) groups is 2. The van der Waals surface area contributed by atoms with E-state index in [1.807, 2.05) is 27.7 Å². The maximum Gasteiger partial charge on any atom is 0.407 e. The van der Waals surface area contributed by atoms with Crippen molar-refractivity contribution < 1.29 is 14.3 Å². The number of nitrogens with one attached hydrogen (secondary N) is 1. The molecule has 1 unspecified atom stereocenters. The highest BCUT2D eigenvalue weighted by Gasteiger charge is 2.30. The zero-order valence-electron chi connectivity index (χ0n) is 12.4. The highest BCUT2D eigenvalue weighted by atomic mass is 16.6. The minimum atomic E-state index is -0.378. The summed E-state index contributed by atoms with van der Waals surface area (Å²) < 4.78 is 5.40. The molecule has 0 spiro atoms. The first-order valence-electron chi connectivity index (χ1n) is 6.97. The third-order valence-electron chi connectivity index (χ3n) is 3.61. The number of primary amides is 1. The molecule has 0 aliphatic heterocycles. The lowest BCUT2D eigenvalue weighted by Crippen LogP contribution is -2.43. The number of carbonyl (C=O) groups excluding carboxylic acids is 2. The first-order chi connectivity index (χ1) is 8.69. The lowest BCUT2D eigenvalue weighted by Gasteiger charge is -2.31. The van der Waals surface area contributed by atoms with Gasteiger partial charge in [-0.1, -0.05) is 0 Å². The van der Waals surface area contributed by atoms with Crippen molar-refractivity contribution in [3.63, 3.8) is 0 Å². The first-order valence-corrected chi connectivity index (χ1v) is 6.97. The molecule has 3 N–H and O–H groups in total. The molecule has 0 radical (unpaired) electrons. The lowest BCUT2D eigenvalue weighted by molar-refractivity contribution is -0.123. The fourth-order valence-electron chi connectivity index (χ4n) is 2.47. The van der Waals surface area contributed by atoms with Crippen LogP contribution in [0.2, 0.25) is 0 Å². The van der Waals surface area contributed by atoms with Gasteiger partial charge in [-0.15, -0.1) is 0 Å². The summed E-state index contributed by atoms with van der Waals surface area (Å²) in [6.07, 6.45) is 2.87. The van der Waals surface area contributed by atoms with Crippen LogP contribution in [0, 0.1) is 11.8 Å². The molecule has 1 atom stereocenters. The normalized spacial score (nSPS) is 25.5. The van der Waals surface area contributed by atoms with E-state index in [1.165, 1.54) is 0 Å². The molecule has 1 aliphatic carbocycles. The van der Waals surface area contributed by atoms with E-state index in [0.717, 1.165) is 25.7 Å². The van der Waals surface area contributed by atoms with E-state index in [-0.39, 0.29) is 29.6 Å². The maximum atomic E-state index is 11.7. The average Bonchev–Trinajstić information content (AvgIpc) is 2.26. The van der Waals surface area contributed by atoms with Crippen molar-refractivity contribution in [3.8, 4) is 0 Å². The number of amides is 2. The van der Waals surface area contributed by atoms with Crippen molar-refractivity contribution in [2.24, 2.45) is 17.6 Å². The van der Waals surface area contributed by atoms with E-state index in [9.17, 15) is 9.59 Å². The number of alkyl carbamates (subject to hydrolysis) is 1. The number of rotatable bonds is 3. The Hall–Kier alpha value is -1.26. The topological polar surface area (TPSA) is 81.4 Å². The van der Waals surface area contributed by atoms with Crippen LogP contribution in [-0.2, 0) is 9.53 Å². The van der Waals surface area contributed by atoms with Crippen LogP contribution in [0.3, 0.4) is 0 Å². The van der Waals surface area contributed by atoms with Crippen LogP contribution in [-0.4, -0.2) is 23.6 Å². The second kappa shape index (κ2) is 6.26. The van der Waals surface area contributed by atoms with Crippen molar-refractivity contribution in [2.75, 3.05) is 0 Å². The summed E-state index contributed by atoms with van der Waals surface area (Å²) in [5, 5.41) is 2.78. The van der Waals surface area contributed by atoms with Crippen LogP contribution in [0.25, 0.3) is 0 Å². The molecular weight excluding hydrogens is 244 g/mol. The summed E-state index contributed by atoms with van der Waals surface area (Å²) in [5.74, 6) is 0.102. The predicted octanol–water partition coefficient (Wildman–Crippen LogP) is 2.19. The van der Waals surface area contributed by atoms with E-state index in [2.05, 4.69) is 5.32 Å². The highest BCUT2D eigenvalue weighted by Crippen LogP contribution is 2.31. The molecule has 0 aromatic carbocycles. The summed E-state index contributed by atoms with van der Waals surface area (Å²) in [6, 6.07) is 0. The Kier molecular flexibility index (Phi) is 5.20. The quantitative estimate of drug-likeness (QED) is 0.824. The van der Waals surface area contributed by atoms with E-state index in [0.29, 0.717) is 5.92 Å². The fourth-order valence-corrected chi connectivity index (χ4v) is 2.47. The Morgan fingerprint density at radius 1 is 1.21 bits per heavy atom. The minimum absolute atomic E-state index is 0.00754. The zero-order valence-corrected chi connectivity index (χ0v) is 12.4. The maximum absolute atomic E-state index is 11.7. The number of ether oxygens (including phenoxy) is 1. The summed E-state index contributed by atoms with van der Waals surface area (Å²) >= 11 is 0. The number of hydrogen-bond donors (Lipinski definition) is 2. The highest BCUT2D eigenvalue weighted by molar-refractivity contribution is 5.76. The van der Waals surface area contributed by atoms with Gasteiger partial charge < -0.3 is 15.8 Å². The second-order valence-electron chi connectivity index (χ2n) is 6.50. The van der Waals surface area contributed by atoms with Gasteiger partial charge in [0.2, 0.25) is 5.91 Å². The van der Waals surface area contributed by atoms with Gasteiger partial charge in [-0.3, -0.25) is 4.79 Å². The molecule has 0 saturated heterocycles. The lowest BCUT2D eigenvalue weighted by atomic mass is 9.79. The van der Waals surface area contributed by atoms with Crippen LogP contribution in [0.1, 0.15) is 53.4 Å². The molecule has 0 bridgehead atoms. The van der Waals surface area contributed by atoms with Gasteiger partial charge in [-0.05, 0) is 59.3 Å². The monoisotopic (exact) mass is 270 g/mol. The summed E-state index contributed by atoms with van der Waals surface area (Å²) in [7, 11) is 0. The Bertz CT molecular complexity index is 328. The van der Waals surface area contributed by atoms with Crippen LogP contribution >= 0.6 is 0 Å². The minimum Gasteiger partial charge on any atom is -0.446 e. The van der Waals surface area contributed by atoms with Gasteiger partial charge in [-0.25, -0.2) is 4.79 Å². The van der Waals surface area contributed by atoms with Gasteiger partial charge in [0.1, 0.15) is 6.10 Å². The SMILES string of the molecule is CC(OC(=O)NC(C)(C)C)C1CCC(C(N)=O)CC1. The number of hydrogen-bond acceptors (Lipinski definition) is 3. The molecule has 110 valence electrons. The van der Waals surface area contributed by atoms with Gasteiger partial charge in [0.05, 0.1) is 0 Å². The summed E-state index contributed by atoms with van der Waals surface area (Å²) in [6.45, 7) is 7.66. The second-order valence-corrected chi connectivity index (χ2v) is 6.50. The van der Waals surface area contributed by atoms with E-state index >= 15 is 0 Å². The number of nitrogens with two attached hydrogens (primary N) is 1. The first kappa shape index (κ1) is 15.8. The molecule has 0 heterocycles. The molecule has 5 heteroatoms. The van der Waals surface area contributed by atoms with Gasteiger partial charge in [0, 0.05) is 11.5 Å². The molecule has 0 aromatic heterocycles. The molecule has 1 rings (SSSR count). The Labute approximate surface area is 115 Å². The Balaban J connectivity index is 2.37. The third kappa shape index (κ3) is 5.49. The van der Waals surface area contributed by atoms with Crippen molar-refractivity contribution in [3.05, 3.63) is 0 Å². The van der Waals surface area contributed by atoms with Crippen molar-refractivity contribution in [1.82, 2.24) is 5.32 Å². The van der Waals surface area contributed by atoms with Crippen LogP contribution in [0.4, 0.5) is 4.79 Å². The largest absolute Gasteiger partial charge is 0.446 e. The molecule has 1 fully saturated rings. The summed E-state index contributed by atoms with van der Waals surface area (Å²) in [4.78, 5) is 22.8. The smallest absolute Gasteiger partial charge is 0.407 e. The van der Waals surface area contributed by atoms with Crippen LogP contribution < -0.4 is 11.1 Å². The fraction of sp³-hybridized carbons (Fsp3) is 0.857. The molecule has 2 amide bonds. The standard InChI is InChI=1S/C14H26N2O3/c1-9(19-13(18)16-14(2,3)4)10-5-7-11(8-6-10)12(15)17/h9-11H,5-8H2,1-4H3,(H2,15,17)(H,16,18). The molecule has 5 nitrogen and oxygen atoms in total. The van der Waals surface area contributed by atoms with E-state index in [4.69, 9.17) is 10.5 Å². The summed E-state index contributed by atoms with van der Waals surface area (Å²) in [5.41, 5.74) is 5.01.